The van der Waals surface area contributed by atoms with Crippen LogP contribution in [0.4, 0.5) is 5.69 Å². The van der Waals surface area contributed by atoms with Gasteiger partial charge in [0.1, 0.15) is 0 Å². The van der Waals surface area contributed by atoms with Crippen LogP contribution in [0.2, 0.25) is 0 Å². The van der Waals surface area contributed by atoms with Gasteiger partial charge in [-0.05, 0) is 30.0 Å². The van der Waals surface area contributed by atoms with Gasteiger partial charge in [0, 0.05) is 19.8 Å². The van der Waals surface area contributed by atoms with Crippen LogP contribution in [0.1, 0.15) is 25.8 Å². The maximum Gasteiger partial charge on any atom is 0.0399 e. The molecule has 1 rings (SSSR count). The van der Waals surface area contributed by atoms with E-state index in [9.17, 15) is 0 Å². The predicted octanol–water partition coefficient (Wildman–Crippen LogP) is 2.38. The Labute approximate surface area is 93.1 Å². The molecule has 0 saturated heterocycles. The minimum Gasteiger partial charge on any atom is -0.377 e. The minimum absolute atomic E-state index is 0.148. The fraction of sp³-hybridized carbons (Fsp3) is 0.538. The third-order valence-electron chi connectivity index (χ3n) is 2.88. The second-order valence-electron chi connectivity index (χ2n) is 4.83. The first-order valence-corrected chi connectivity index (χ1v) is 5.46. The molecule has 0 amide bonds. The second kappa shape index (κ2) is 4.67. The number of benzene rings is 1. The van der Waals surface area contributed by atoms with Crippen molar-refractivity contribution in [2.75, 3.05) is 25.5 Å². The molecule has 2 nitrogen and oxygen atoms in total. The van der Waals surface area contributed by atoms with Gasteiger partial charge in [0.15, 0.2) is 0 Å². The first-order valence-electron chi connectivity index (χ1n) is 5.46. The number of rotatable bonds is 4. The van der Waals surface area contributed by atoms with Crippen LogP contribution in [-0.2, 0) is 5.41 Å². The first-order chi connectivity index (χ1) is 6.99. The van der Waals surface area contributed by atoms with Crippen molar-refractivity contribution in [3.05, 3.63) is 29.8 Å². The van der Waals surface area contributed by atoms with E-state index in [2.05, 4.69) is 57.1 Å². The maximum absolute atomic E-state index is 5.66. The standard InChI is InChI=1S/C13H22N2/c1-13(2,9-10-14)11-7-5-6-8-12(11)15(3)4/h5-8H,9-10,14H2,1-4H3. The summed E-state index contributed by atoms with van der Waals surface area (Å²) in [4.78, 5) is 2.16. The van der Waals surface area contributed by atoms with Gasteiger partial charge in [-0.3, -0.25) is 0 Å². The second-order valence-corrected chi connectivity index (χ2v) is 4.83. The van der Waals surface area contributed by atoms with Crippen LogP contribution in [-0.4, -0.2) is 20.6 Å². The lowest BCUT2D eigenvalue weighted by atomic mass is 9.80. The van der Waals surface area contributed by atoms with Gasteiger partial charge in [-0.15, -0.1) is 0 Å². The first kappa shape index (κ1) is 12.1. The molecule has 0 bridgehead atoms. The zero-order valence-corrected chi connectivity index (χ0v) is 10.2. The Kier molecular flexibility index (Phi) is 3.75. The largest absolute Gasteiger partial charge is 0.377 e. The van der Waals surface area contributed by atoms with Gasteiger partial charge in [-0.25, -0.2) is 0 Å². The number of para-hydroxylation sites is 1. The van der Waals surface area contributed by atoms with Crippen LogP contribution < -0.4 is 10.6 Å². The fourth-order valence-corrected chi connectivity index (χ4v) is 1.93. The molecule has 0 heterocycles. The summed E-state index contributed by atoms with van der Waals surface area (Å²) in [6.07, 6.45) is 1.01. The van der Waals surface area contributed by atoms with Crippen molar-refractivity contribution in [3.8, 4) is 0 Å². The molecule has 0 aliphatic carbocycles. The van der Waals surface area contributed by atoms with E-state index in [1.54, 1.807) is 0 Å². The molecule has 84 valence electrons. The molecule has 0 aliphatic heterocycles. The molecule has 0 unspecified atom stereocenters. The minimum atomic E-state index is 0.148. The van der Waals surface area contributed by atoms with E-state index in [0.717, 1.165) is 13.0 Å². The Morgan fingerprint density at radius 1 is 1.20 bits per heavy atom. The summed E-state index contributed by atoms with van der Waals surface area (Å²) < 4.78 is 0. The van der Waals surface area contributed by atoms with Crippen LogP contribution in [0.5, 0.6) is 0 Å². The summed E-state index contributed by atoms with van der Waals surface area (Å²) in [6, 6.07) is 8.54. The highest BCUT2D eigenvalue weighted by Crippen LogP contribution is 2.33. The van der Waals surface area contributed by atoms with Gasteiger partial charge in [0.05, 0.1) is 0 Å². The topological polar surface area (TPSA) is 29.3 Å². The molecule has 0 aromatic heterocycles. The summed E-state index contributed by atoms with van der Waals surface area (Å²) in [7, 11) is 4.16. The monoisotopic (exact) mass is 206 g/mol. The van der Waals surface area contributed by atoms with E-state index in [-0.39, 0.29) is 5.41 Å². The lowest BCUT2D eigenvalue weighted by Gasteiger charge is -2.29. The van der Waals surface area contributed by atoms with Gasteiger partial charge < -0.3 is 10.6 Å². The Morgan fingerprint density at radius 2 is 1.80 bits per heavy atom. The van der Waals surface area contributed by atoms with Gasteiger partial charge in [-0.1, -0.05) is 32.0 Å². The van der Waals surface area contributed by atoms with Crippen LogP contribution in [0.25, 0.3) is 0 Å². The highest BCUT2D eigenvalue weighted by molar-refractivity contribution is 5.55. The Hall–Kier alpha value is -1.02. The summed E-state index contributed by atoms with van der Waals surface area (Å²) in [6.45, 7) is 5.24. The lowest BCUT2D eigenvalue weighted by molar-refractivity contribution is 0.488. The molecule has 2 heteroatoms. The highest BCUT2D eigenvalue weighted by atomic mass is 15.1. The molecule has 0 saturated carbocycles. The fourth-order valence-electron chi connectivity index (χ4n) is 1.93. The zero-order valence-electron chi connectivity index (χ0n) is 10.2. The Morgan fingerprint density at radius 3 is 2.33 bits per heavy atom. The number of anilines is 1. The van der Waals surface area contributed by atoms with E-state index in [4.69, 9.17) is 5.73 Å². The molecule has 1 aromatic rings. The summed E-state index contributed by atoms with van der Waals surface area (Å²) in [5.41, 5.74) is 8.48. The van der Waals surface area contributed by atoms with E-state index < -0.39 is 0 Å². The molecule has 0 spiro atoms. The van der Waals surface area contributed by atoms with Crippen molar-refractivity contribution in [2.45, 2.75) is 25.7 Å². The number of hydrogen-bond donors (Lipinski definition) is 1. The van der Waals surface area contributed by atoms with Crippen LogP contribution in [0.3, 0.4) is 0 Å². The van der Waals surface area contributed by atoms with Gasteiger partial charge in [0.25, 0.3) is 0 Å². The predicted molar refractivity (Wildman–Crippen MR) is 67.5 cm³/mol. The number of nitrogens with zero attached hydrogens (tertiary/aromatic N) is 1. The number of hydrogen-bond acceptors (Lipinski definition) is 2. The average molecular weight is 206 g/mol. The Bertz CT molecular complexity index is 316. The molecule has 0 aliphatic rings. The van der Waals surface area contributed by atoms with E-state index in [1.165, 1.54) is 11.3 Å². The van der Waals surface area contributed by atoms with Gasteiger partial charge in [0.2, 0.25) is 0 Å². The molecule has 0 fully saturated rings. The molecule has 0 atom stereocenters. The van der Waals surface area contributed by atoms with Crippen molar-refractivity contribution < 1.29 is 0 Å². The third kappa shape index (κ3) is 2.72. The van der Waals surface area contributed by atoms with E-state index in [1.807, 2.05) is 0 Å². The average Bonchev–Trinajstić information content (AvgIpc) is 2.17. The van der Waals surface area contributed by atoms with Gasteiger partial charge >= 0.3 is 0 Å². The van der Waals surface area contributed by atoms with Crippen molar-refractivity contribution in [3.63, 3.8) is 0 Å². The zero-order chi connectivity index (χ0) is 11.5. The highest BCUT2D eigenvalue weighted by Gasteiger charge is 2.22. The summed E-state index contributed by atoms with van der Waals surface area (Å²) in [5, 5.41) is 0. The van der Waals surface area contributed by atoms with Crippen molar-refractivity contribution in [2.24, 2.45) is 5.73 Å². The molecule has 15 heavy (non-hydrogen) atoms. The third-order valence-corrected chi connectivity index (χ3v) is 2.88. The normalized spacial score (nSPS) is 11.5. The summed E-state index contributed by atoms with van der Waals surface area (Å²) >= 11 is 0. The van der Waals surface area contributed by atoms with E-state index >= 15 is 0 Å². The van der Waals surface area contributed by atoms with Gasteiger partial charge in [-0.2, -0.15) is 0 Å². The van der Waals surface area contributed by atoms with Crippen molar-refractivity contribution in [1.82, 2.24) is 0 Å². The van der Waals surface area contributed by atoms with Crippen molar-refractivity contribution in [1.29, 1.82) is 0 Å². The maximum atomic E-state index is 5.66. The SMILES string of the molecule is CN(C)c1ccccc1C(C)(C)CCN. The Balaban J connectivity index is 3.12. The van der Waals surface area contributed by atoms with E-state index in [0.29, 0.717) is 0 Å². The molecule has 1 aromatic carbocycles. The quantitative estimate of drug-likeness (QED) is 0.819. The number of nitrogens with two attached hydrogens (primary N) is 1. The molecular weight excluding hydrogens is 184 g/mol. The lowest BCUT2D eigenvalue weighted by Crippen LogP contribution is -2.25. The smallest absolute Gasteiger partial charge is 0.0399 e. The van der Waals surface area contributed by atoms with Crippen molar-refractivity contribution >= 4 is 5.69 Å². The molecular formula is C13H22N2. The van der Waals surface area contributed by atoms with Crippen LogP contribution in [0, 0.1) is 0 Å². The molecule has 0 radical (unpaired) electrons. The van der Waals surface area contributed by atoms with Crippen LogP contribution in [0.15, 0.2) is 24.3 Å². The summed E-state index contributed by atoms with van der Waals surface area (Å²) in [5.74, 6) is 0. The van der Waals surface area contributed by atoms with Crippen LogP contribution >= 0.6 is 0 Å². The molecule has 2 N–H and O–H groups in total.